The molecule has 114 valence electrons. The maximum atomic E-state index is 12.4. The van der Waals surface area contributed by atoms with Crippen LogP contribution in [0, 0.1) is 5.92 Å². The topological polar surface area (TPSA) is 55.6 Å². The van der Waals surface area contributed by atoms with Gasteiger partial charge in [0.1, 0.15) is 0 Å². The van der Waals surface area contributed by atoms with Crippen LogP contribution < -0.4 is 5.73 Å². The molecule has 20 heavy (non-hydrogen) atoms. The van der Waals surface area contributed by atoms with E-state index in [9.17, 15) is 4.79 Å². The van der Waals surface area contributed by atoms with Gasteiger partial charge < -0.3 is 15.4 Å². The molecule has 1 saturated heterocycles. The highest BCUT2D eigenvalue weighted by Gasteiger charge is 2.33. The van der Waals surface area contributed by atoms with Gasteiger partial charge in [-0.1, -0.05) is 12.8 Å². The van der Waals surface area contributed by atoms with E-state index in [1.807, 2.05) is 0 Å². The van der Waals surface area contributed by atoms with E-state index in [-0.39, 0.29) is 12.0 Å². The standard InChI is InChI=1S/C16H28N2O2/c17-13-6-5-12(11-13)16(19)18-9-7-15(8-10-18)20-14-3-1-2-4-14/h12-15H,1-11,17H2. The van der Waals surface area contributed by atoms with Crippen LogP contribution in [0.15, 0.2) is 0 Å². The molecule has 0 radical (unpaired) electrons. The molecular formula is C16H28N2O2. The van der Waals surface area contributed by atoms with E-state index in [1.54, 1.807) is 0 Å². The molecule has 4 nitrogen and oxygen atoms in total. The summed E-state index contributed by atoms with van der Waals surface area (Å²) in [5.74, 6) is 0.537. The van der Waals surface area contributed by atoms with Crippen LogP contribution in [0.3, 0.4) is 0 Å². The summed E-state index contributed by atoms with van der Waals surface area (Å²) in [7, 11) is 0. The van der Waals surface area contributed by atoms with Gasteiger partial charge in [0.25, 0.3) is 0 Å². The molecule has 3 fully saturated rings. The molecule has 2 unspecified atom stereocenters. The summed E-state index contributed by atoms with van der Waals surface area (Å²) in [5, 5.41) is 0. The average Bonchev–Trinajstić information content (AvgIpc) is 3.10. The van der Waals surface area contributed by atoms with Crippen molar-refractivity contribution < 1.29 is 9.53 Å². The monoisotopic (exact) mass is 280 g/mol. The lowest BCUT2D eigenvalue weighted by Gasteiger charge is -2.34. The molecule has 2 aliphatic carbocycles. The van der Waals surface area contributed by atoms with Crippen molar-refractivity contribution in [2.24, 2.45) is 11.7 Å². The van der Waals surface area contributed by atoms with Gasteiger partial charge in [-0.3, -0.25) is 4.79 Å². The zero-order valence-electron chi connectivity index (χ0n) is 12.4. The molecule has 0 bridgehead atoms. The zero-order valence-corrected chi connectivity index (χ0v) is 12.4. The average molecular weight is 280 g/mol. The number of ether oxygens (including phenoxy) is 1. The first-order valence-electron chi connectivity index (χ1n) is 8.42. The van der Waals surface area contributed by atoms with E-state index in [0.717, 1.165) is 45.2 Å². The number of nitrogens with two attached hydrogens (primary N) is 1. The van der Waals surface area contributed by atoms with Gasteiger partial charge in [-0.2, -0.15) is 0 Å². The molecule has 1 amide bonds. The van der Waals surface area contributed by atoms with Crippen molar-refractivity contribution in [2.75, 3.05) is 13.1 Å². The third kappa shape index (κ3) is 3.34. The predicted octanol–water partition coefficient (Wildman–Crippen LogP) is 2.06. The van der Waals surface area contributed by atoms with Crippen LogP contribution in [0.4, 0.5) is 0 Å². The fourth-order valence-electron chi connectivity index (χ4n) is 4.01. The summed E-state index contributed by atoms with van der Waals surface area (Å²) in [5.41, 5.74) is 5.92. The maximum absolute atomic E-state index is 12.4. The first-order valence-corrected chi connectivity index (χ1v) is 8.42. The summed E-state index contributed by atoms with van der Waals surface area (Å²) in [6.45, 7) is 1.75. The number of carbonyl (C=O) groups is 1. The second-order valence-electron chi connectivity index (χ2n) is 6.84. The summed E-state index contributed by atoms with van der Waals surface area (Å²) in [4.78, 5) is 14.5. The Morgan fingerprint density at radius 1 is 0.950 bits per heavy atom. The van der Waals surface area contributed by atoms with E-state index in [1.165, 1.54) is 25.7 Å². The third-order valence-electron chi connectivity index (χ3n) is 5.26. The van der Waals surface area contributed by atoms with Crippen LogP contribution in [0.2, 0.25) is 0 Å². The minimum absolute atomic E-state index is 0.192. The summed E-state index contributed by atoms with van der Waals surface area (Å²) >= 11 is 0. The Bertz CT molecular complexity index is 333. The molecule has 4 heteroatoms. The van der Waals surface area contributed by atoms with Crippen molar-refractivity contribution in [1.82, 2.24) is 4.90 Å². The fourth-order valence-corrected chi connectivity index (χ4v) is 4.01. The highest BCUT2D eigenvalue weighted by atomic mass is 16.5. The molecule has 3 aliphatic rings. The van der Waals surface area contributed by atoms with Gasteiger partial charge in [-0.15, -0.1) is 0 Å². The minimum atomic E-state index is 0.192. The van der Waals surface area contributed by atoms with Crippen molar-refractivity contribution in [1.29, 1.82) is 0 Å². The molecule has 2 saturated carbocycles. The lowest BCUT2D eigenvalue weighted by molar-refractivity contribution is -0.138. The van der Waals surface area contributed by atoms with Crippen molar-refractivity contribution >= 4 is 5.91 Å². The number of carbonyl (C=O) groups excluding carboxylic acids is 1. The molecular weight excluding hydrogens is 252 g/mol. The molecule has 1 heterocycles. The highest BCUT2D eigenvalue weighted by Crippen LogP contribution is 2.29. The number of hydrogen-bond acceptors (Lipinski definition) is 3. The van der Waals surface area contributed by atoms with E-state index in [0.29, 0.717) is 18.1 Å². The van der Waals surface area contributed by atoms with Crippen LogP contribution in [0.25, 0.3) is 0 Å². The van der Waals surface area contributed by atoms with Crippen LogP contribution in [0.5, 0.6) is 0 Å². The molecule has 0 aromatic carbocycles. The number of likely N-dealkylation sites (tertiary alicyclic amines) is 1. The third-order valence-corrected chi connectivity index (χ3v) is 5.26. The number of amides is 1. The van der Waals surface area contributed by atoms with Gasteiger partial charge in [0.2, 0.25) is 5.91 Å². The normalized spacial score (nSPS) is 33.0. The first-order chi connectivity index (χ1) is 9.72. The SMILES string of the molecule is NC1CCC(C(=O)N2CCC(OC3CCCC3)CC2)C1. The predicted molar refractivity (Wildman–Crippen MR) is 78.3 cm³/mol. The molecule has 3 rings (SSSR count). The Morgan fingerprint density at radius 3 is 2.20 bits per heavy atom. The van der Waals surface area contributed by atoms with Gasteiger partial charge in [0.05, 0.1) is 12.2 Å². The van der Waals surface area contributed by atoms with E-state index in [2.05, 4.69) is 4.90 Å². The fraction of sp³-hybridized carbons (Fsp3) is 0.938. The molecule has 0 spiro atoms. The van der Waals surface area contributed by atoms with E-state index >= 15 is 0 Å². The summed E-state index contributed by atoms with van der Waals surface area (Å²) in [6.07, 6.45) is 10.9. The Hall–Kier alpha value is -0.610. The highest BCUT2D eigenvalue weighted by molar-refractivity contribution is 5.79. The zero-order chi connectivity index (χ0) is 13.9. The molecule has 2 atom stereocenters. The first kappa shape index (κ1) is 14.3. The minimum Gasteiger partial charge on any atom is -0.375 e. The molecule has 0 aromatic heterocycles. The van der Waals surface area contributed by atoms with Crippen LogP contribution in [-0.2, 0) is 9.53 Å². The van der Waals surface area contributed by atoms with Gasteiger partial charge in [0, 0.05) is 25.0 Å². The van der Waals surface area contributed by atoms with Crippen LogP contribution in [-0.4, -0.2) is 42.1 Å². The molecule has 0 aromatic rings. The Morgan fingerprint density at radius 2 is 1.60 bits per heavy atom. The largest absolute Gasteiger partial charge is 0.375 e. The van der Waals surface area contributed by atoms with Gasteiger partial charge in [0.15, 0.2) is 0 Å². The van der Waals surface area contributed by atoms with Crippen molar-refractivity contribution in [3.63, 3.8) is 0 Å². The van der Waals surface area contributed by atoms with Gasteiger partial charge >= 0.3 is 0 Å². The maximum Gasteiger partial charge on any atom is 0.225 e. The quantitative estimate of drug-likeness (QED) is 0.861. The number of rotatable bonds is 3. The molecule has 1 aliphatic heterocycles. The Kier molecular flexibility index (Phi) is 4.61. The lowest BCUT2D eigenvalue weighted by Crippen LogP contribution is -2.44. The molecule has 2 N–H and O–H groups in total. The van der Waals surface area contributed by atoms with Crippen molar-refractivity contribution in [3.8, 4) is 0 Å². The van der Waals surface area contributed by atoms with Crippen LogP contribution in [0.1, 0.15) is 57.8 Å². The van der Waals surface area contributed by atoms with Gasteiger partial charge in [-0.25, -0.2) is 0 Å². The lowest BCUT2D eigenvalue weighted by atomic mass is 10.0. The number of piperidine rings is 1. The summed E-state index contributed by atoms with van der Waals surface area (Å²) < 4.78 is 6.16. The van der Waals surface area contributed by atoms with Crippen molar-refractivity contribution in [3.05, 3.63) is 0 Å². The number of nitrogens with zero attached hydrogens (tertiary/aromatic N) is 1. The second-order valence-corrected chi connectivity index (χ2v) is 6.84. The van der Waals surface area contributed by atoms with Crippen molar-refractivity contribution in [2.45, 2.75) is 76.0 Å². The van der Waals surface area contributed by atoms with Crippen LogP contribution >= 0.6 is 0 Å². The smallest absolute Gasteiger partial charge is 0.225 e. The van der Waals surface area contributed by atoms with E-state index in [4.69, 9.17) is 10.5 Å². The Balaban J connectivity index is 1.42. The van der Waals surface area contributed by atoms with E-state index < -0.39 is 0 Å². The Labute approximate surface area is 122 Å². The second kappa shape index (κ2) is 6.44. The summed E-state index contributed by atoms with van der Waals surface area (Å²) in [6, 6.07) is 0.243. The number of hydrogen-bond donors (Lipinski definition) is 1. The van der Waals surface area contributed by atoms with Gasteiger partial charge in [-0.05, 0) is 44.9 Å².